The Morgan fingerprint density at radius 2 is 2.00 bits per heavy atom. The van der Waals surface area contributed by atoms with Crippen molar-refractivity contribution < 1.29 is 4.74 Å². The van der Waals surface area contributed by atoms with Gasteiger partial charge in [0.15, 0.2) is 0 Å². The first kappa shape index (κ1) is 12.7. The third-order valence-corrected chi connectivity index (χ3v) is 4.48. The first-order valence-corrected chi connectivity index (χ1v) is 7.21. The van der Waals surface area contributed by atoms with Gasteiger partial charge < -0.3 is 10.5 Å². The number of halogens is 1. The number of ether oxygens (including phenoxy) is 1. The Morgan fingerprint density at radius 3 is 2.79 bits per heavy atom. The predicted octanol–water partition coefficient (Wildman–Crippen LogP) is 4.28. The lowest BCUT2D eigenvalue weighted by Crippen LogP contribution is -2.24. The van der Waals surface area contributed by atoms with Crippen LogP contribution in [0.15, 0.2) is 46.9 Å². The van der Waals surface area contributed by atoms with Crippen molar-refractivity contribution in [3.8, 4) is 5.75 Å². The van der Waals surface area contributed by atoms with E-state index in [9.17, 15) is 0 Å². The summed E-state index contributed by atoms with van der Waals surface area (Å²) in [4.78, 5) is 0. The van der Waals surface area contributed by atoms with Crippen molar-refractivity contribution in [1.29, 1.82) is 0 Å². The van der Waals surface area contributed by atoms with Crippen molar-refractivity contribution in [3.05, 3.63) is 63.6 Å². The molecule has 0 radical (unpaired) electrons. The first-order chi connectivity index (χ1) is 9.15. The van der Waals surface area contributed by atoms with E-state index in [1.165, 1.54) is 11.1 Å². The molecule has 0 amide bonds. The molecule has 1 heterocycles. The van der Waals surface area contributed by atoms with Gasteiger partial charge in [-0.15, -0.1) is 0 Å². The number of fused-ring (bicyclic) bond motifs is 1. The lowest BCUT2D eigenvalue weighted by Gasteiger charge is -2.30. The van der Waals surface area contributed by atoms with Gasteiger partial charge in [-0.1, -0.05) is 46.3 Å². The van der Waals surface area contributed by atoms with Gasteiger partial charge in [-0.3, -0.25) is 0 Å². The number of para-hydroxylation sites is 1. The summed E-state index contributed by atoms with van der Waals surface area (Å²) in [6.07, 6.45) is 0.841. The minimum atomic E-state index is 0.0294. The largest absolute Gasteiger partial charge is 0.485 e. The van der Waals surface area contributed by atoms with E-state index in [0.717, 1.165) is 22.2 Å². The van der Waals surface area contributed by atoms with Crippen molar-refractivity contribution in [1.82, 2.24) is 0 Å². The monoisotopic (exact) mass is 317 g/mol. The van der Waals surface area contributed by atoms with E-state index >= 15 is 0 Å². The van der Waals surface area contributed by atoms with Gasteiger partial charge in [-0.25, -0.2) is 0 Å². The SMILES string of the molecule is Cc1ccc(C2C[C@@H](N)c3ccccc3O2)cc1Br. The van der Waals surface area contributed by atoms with E-state index in [-0.39, 0.29) is 12.1 Å². The normalized spacial score (nSPS) is 21.6. The number of aryl methyl sites for hydroxylation is 1. The van der Waals surface area contributed by atoms with Gasteiger partial charge in [0.05, 0.1) is 0 Å². The summed E-state index contributed by atoms with van der Waals surface area (Å²) >= 11 is 3.57. The zero-order valence-corrected chi connectivity index (χ0v) is 12.4. The number of benzene rings is 2. The lowest BCUT2D eigenvalue weighted by atomic mass is 9.93. The molecule has 0 saturated carbocycles. The molecule has 0 bridgehead atoms. The molecule has 0 spiro atoms. The highest BCUT2D eigenvalue weighted by atomic mass is 79.9. The quantitative estimate of drug-likeness (QED) is 0.852. The van der Waals surface area contributed by atoms with Crippen LogP contribution in [0.2, 0.25) is 0 Å². The van der Waals surface area contributed by atoms with Crippen LogP contribution in [-0.2, 0) is 0 Å². The van der Waals surface area contributed by atoms with Crippen LogP contribution in [0.4, 0.5) is 0 Å². The molecule has 1 unspecified atom stereocenters. The highest BCUT2D eigenvalue weighted by molar-refractivity contribution is 9.10. The minimum Gasteiger partial charge on any atom is -0.485 e. The maximum atomic E-state index is 6.25. The van der Waals surface area contributed by atoms with Crippen LogP contribution in [0.5, 0.6) is 5.75 Å². The molecule has 3 heteroatoms. The van der Waals surface area contributed by atoms with Crippen LogP contribution in [-0.4, -0.2) is 0 Å². The Labute approximate surface area is 121 Å². The molecule has 98 valence electrons. The Hall–Kier alpha value is -1.32. The van der Waals surface area contributed by atoms with Crippen LogP contribution in [0.3, 0.4) is 0 Å². The fraction of sp³-hybridized carbons (Fsp3) is 0.250. The highest BCUT2D eigenvalue weighted by Crippen LogP contribution is 2.40. The Morgan fingerprint density at radius 1 is 1.21 bits per heavy atom. The molecule has 19 heavy (non-hydrogen) atoms. The highest BCUT2D eigenvalue weighted by Gasteiger charge is 2.26. The van der Waals surface area contributed by atoms with Crippen molar-refractivity contribution in [2.24, 2.45) is 5.73 Å². The minimum absolute atomic E-state index is 0.0294. The Balaban J connectivity index is 1.94. The molecule has 2 nitrogen and oxygen atoms in total. The fourth-order valence-electron chi connectivity index (χ4n) is 2.47. The third kappa shape index (κ3) is 2.40. The summed E-state index contributed by atoms with van der Waals surface area (Å²) in [5.41, 5.74) is 9.75. The standard InChI is InChI=1S/C16H16BrNO/c1-10-6-7-11(8-13(10)17)16-9-14(18)12-4-2-3-5-15(12)19-16/h2-8,14,16H,9,18H2,1H3/t14-,16?/m1/s1. The summed E-state index contributed by atoms with van der Waals surface area (Å²) in [6.45, 7) is 2.08. The molecular formula is C16H16BrNO. The summed E-state index contributed by atoms with van der Waals surface area (Å²) in [5.74, 6) is 0.906. The van der Waals surface area contributed by atoms with E-state index in [4.69, 9.17) is 10.5 Å². The molecule has 1 aliphatic heterocycles. The second-order valence-corrected chi connectivity index (χ2v) is 5.85. The van der Waals surface area contributed by atoms with E-state index in [0.29, 0.717) is 0 Å². The molecule has 2 N–H and O–H groups in total. The molecule has 2 atom stereocenters. The van der Waals surface area contributed by atoms with Gasteiger partial charge in [-0.2, -0.15) is 0 Å². The summed E-state index contributed by atoms with van der Waals surface area (Å²) < 4.78 is 7.19. The van der Waals surface area contributed by atoms with Crippen LogP contribution in [0, 0.1) is 6.92 Å². The topological polar surface area (TPSA) is 35.2 Å². The molecule has 1 aliphatic rings. The molecule has 3 rings (SSSR count). The molecule has 2 aromatic rings. The second-order valence-electron chi connectivity index (χ2n) is 5.00. The van der Waals surface area contributed by atoms with Crippen molar-refractivity contribution in [3.63, 3.8) is 0 Å². The maximum Gasteiger partial charge on any atom is 0.126 e. The molecule has 0 fully saturated rings. The smallest absolute Gasteiger partial charge is 0.126 e. The van der Waals surface area contributed by atoms with E-state index in [1.807, 2.05) is 24.3 Å². The van der Waals surface area contributed by atoms with Gasteiger partial charge in [0.1, 0.15) is 11.9 Å². The summed E-state index contributed by atoms with van der Waals surface area (Å²) in [7, 11) is 0. The zero-order valence-electron chi connectivity index (χ0n) is 10.8. The molecule has 0 aliphatic carbocycles. The fourth-order valence-corrected chi connectivity index (χ4v) is 2.86. The summed E-state index contributed by atoms with van der Waals surface area (Å²) in [6, 6.07) is 14.4. The number of nitrogens with two attached hydrogens (primary N) is 1. The Bertz CT molecular complexity index is 611. The van der Waals surface area contributed by atoms with E-state index in [1.54, 1.807) is 0 Å². The van der Waals surface area contributed by atoms with Gasteiger partial charge in [0, 0.05) is 22.5 Å². The Kier molecular flexibility index (Phi) is 3.33. The van der Waals surface area contributed by atoms with Crippen LogP contribution >= 0.6 is 15.9 Å². The molecule has 0 saturated heterocycles. The van der Waals surface area contributed by atoms with E-state index in [2.05, 4.69) is 41.1 Å². The molecule has 2 aromatic carbocycles. The average Bonchev–Trinajstić information content (AvgIpc) is 2.42. The molecule has 0 aromatic heterocycles. The number of rotatable bonds is 1. The second kappa shape index (κ2) is 4.99. The molecular weight excluding hydrogens is 302 g/mol. The van der Waals surface area contributed by atoms with Gasteiger partial charge in [-0.05, 0) is 30.2 Å². The number of hydrogen-bond donors (Lipinski definition) is 1. The average molecular weight is 318 g/mol. The van der Waals surface area contributed by atoms with Crippen molar-refractivity contribution in [2.45, 2.75) is 25.5 Å². The van der Waals surface area contributed by atoms with Gasteiger partial charge >= 0.3 is 0 Å². The van der Waals surface area contributed by atoms with Crippen LogP contribution in [0.1, 0.15) is 35.3 Å². The third-order valence-electron chi connectivity index (χ3n) is 3.62. The maximum absolute atomic E-state index is 6.25. The lowest BCUT2D eigenvalue weighted by molar-refractivity contribution is 0.161. The first-order valence-electron chi connectivity index (χ1n) is 6.42. The van der Waals surface area contributed by atoms with Crippen LogP contribution < -0.4 is 10.5 Å². The van der Waals surface area contributed by atoms with Gasteiger partial charge in [0.25, 0.3) is 0 Å². The van der Waals surface area contributed by atoms with Crippen LogP contribution in [0.25, 0.3) is 0 Å². The zero-order chi connectivity index (χ0) is 13.4. The summed E-state index contributed by atoms with van der Waals surface area (Å²) in [5, 5.41) is 0. The van der Waals surface area contributed by atoms with Crippen molar-refractivity contribution >= 4 is 15.9 Å². The number of hydrogen-bond acceptors (Lipinski definition) is 2. The van der Waals surface area contributed by atoms with Gasteiger partial charge in [0.2, 0.25) is 0 Å². The van der Waals surface area contributed by atoms with Crippen molar-refractivity contribution in [2.75, 3.05) is 0 Å². The van der Waals surface area contributed by atoms with E-state index < -0.39 is 0 Å². The predicted molar refractivity (Wildman–Crippen MR) is 80.2 cm³/mol.